The number of carbonyl (C=O) groups is 2. The molecule has 6 rings (SSSR count). The SMILES string of the molecule is C=O.CN=CNCC=N.CNc1ccc2[nH]nc(-c3ccc(OC)nc3)c2c1.Cc1ccc(C)cc1.O=C(CN1CC[C@H](S)C1)N1CC=CCC1. The lowest BCUT2D eigenvalue weighted by Gasteiger charge is -2.25. The summed E-state index contributed by atoms with van der Waals surface area (Å²) < 4.78 is 5.06. The van der Waals surface area contributed by atoms with Crippen LogP contribution in [0.15, 0.2) is 77.9 Å². The molecule has 1 atom stereocenters. The average Bonchev–Trinajstić information content (AvgIpc) is 3.80. The number of H-pyrrole nitrogens is 1. The molecule has 0 spiro atoms. The van der Waals surface area contributed by atoms with Crippen molar-refractivity contribution in [3.63, 3.8) is 0 Å². The first-order chi connectivity index (χ1) is 24.8. The topological polar surface area (TPSA) is 152 Å². The molecule has 4 aromatic rings. The maximum Gasteiger partial charge on any atom is 0.237 e. The Morgan fingerprint density at radius 1 is 1.12 bits per heavy atom. The third kappa shape index (κ3) is 15.2. The average molecular weight is 716 g/mol. The smallest absolute Gasteiger partial charge is 0.237 e. The number of amides is 1. The highest BCUT2D eigenvalue weighted by Crippen LogP contribution is 2.28. The van der Waals surface area contributed by atoms with Crippen molar-refractivity contribution < 1.29 is 14.3 Å². The Kier molecular flexibility index (Phi) is 20.0. The van der Waals surface area contributed by atoms with E-state index >= 15 is 0 Å². The minimum atomic E-state index is 0.266. The quantitative estimate of drug-likeness (QED) is 0.0531. The number of aryl methyl sites for hydroxylation is 2. The number of nitrogens with one attached hydrogen (secondary N) is 4. The number of hydrogen-bond acceptors (Lipinski definition) is 10. The largest absolute Gasteiger partial charge is 0.481 e. The Morgan fingerprint density at radius 2 is 1.84 bits per heavy atom. The maximum atomic E-state index is 11.9. The van der Waals surface area contributed by atoms with E-state index in [1.54, 1.807) is 26.7 Å². The van der Waals surface area contributed by atoms with Crippen LogP contribution in [0.2, 0.25) is 0 Å². The van der Waals surface area contributed by atoms with E-state index in [0.717, 1.165) is 66.9 Å². The highest BCUT2D eigenvalue weighted by molar-refractivity contribution is 7.81. The van der Waals surface area contributed by atoms with Crippen LogP contribution in [0.1, 0.15) is 24.0 Å². The van der Waals surface area contributed by atoms with Crippen LogP contribution in [0.5, 0.6) is 5.88 Å². The molecule has 0 saturated carbocycles. The number of likely N-dealkylation sites (tertiary alicyclic amines) is 1. The van der Waals surface area contributed by atoms with Gasteiger partial charge in [0.25, 0.3) is 0 Å². The first-order valence-corrected chi connectivity index (χ1v) is 17.2. The van der Waals surface area contributed by atoms with Gasteiger partial charge in [-0.15, -0.1) is 0 Å². The van der Waals surface area contributed by atoms with Crippen molar-refractivity contribution in [2.45, 2.75) is 31.9 Å². The first-order valence-electron chi connectivity index (χ1n) is 16.7. The van der Waals surface area contributed by atoms with Gasteiger partial charge in [-0.05, 0) is 57.5 Å². The summed E-state index contributed by atoms with van der Waals surface area (Å²) in [7, 11) is 5.18. The standard InChI is InChI=1S/C14H14N4O.C11H18N2OS.C8H10.C4H9N3.CH2O/c1-15-10-4-5-12-11(7-10)14(18-17-12)9-3-6-13(19-2)16-8-9;14-11(13-5-2-1-3-6-13)9-12-7-4-10(15)8-12;1-7-3-5-8(2)6-4-7;1-6-4-7-3-2-5;1-2/h3-8,15H,1-2H3,(H,17,18);1-2,10,15H,3-9H2;3-6H,1-2H3;2,4-5H,3H2,1H3,(H,6,7);1H2/t;10-;;;/m.0.../s1. The number of aromatic nitrogens is 3. The van der Waals surface area contributed by atoms with Gasteiger partial charge in [-0.2, -0.15) is 17.7 Å². The Hall–Kier alpha value is -5.01. The molecule has 2 aliphatic heterocycles. The number of rotatable bonds is 8. The minimum absolute atomic E-state index is 0.266. The number of thiol groups is 1. The molecular weight excluding hydrogens is 663 g/mol. The summed E-state index contributed by atoms with van der Waals surface area (Å²) in [5.74, 6) is 0.862. The van der Waals surface area contributed by atoms with Crippen LogP contribution in [0, 0.1) is 19.3 Å². The number of aromatic amines is 1. The molecule has 2 aliphatic rings. The van der Waals surface area contributed by atoms with E-state index in [-0.39, 0.29) is 5.91 Å². The van der Waals surface area contributed by atoms with Crippen molar-refractivity contribution in [2.24, 2.45) is 4.99 Å². The second-order valence-electron chi connectivity index (χ2n) is 11.6. The molecule has 0 radical (unpaired) electrons. The van der Waals surface area contributed by atoms with Crippen LogP contribution < -0.4 is 15.4 Å². The fourth-order valence-corrected chi connectivity index (χ4v) is 5.33. The van der Waals surface area contributed by atoms with Crippen molar-refractivity contribution in [3.05, 3.63) is 84.1 Å². The van der Waals surface area contributed by atoms with Crippen LogP contribution >= 0.6 is 12.6 Å². The van der Waals surface area contributed by atoms with Crippen molar-refractivity contribution in [1.29, 1.82) is 5.41 Å². The van der Waals surface area contributed by atoms with E-state index in [4.69, 9.17) is 14.9 Å². The molecule has 12 nitrogen and oxygen atoms in total. The lowest BCUT2D eigenvalue weighted by molar-refractivity contribution is -0.131. The Bertz CT molecular complexity index is 1620. The number of anilines is 1. The van der Waals surface area contributed by atoms with Crippen molar-refractivity contribution in [2.75, 3.05) is 65.8 Å². The summed E-state index contributed by atoms with van der Waals surface area (Å²) in [6, 6.07) is 18.4. The summed E-state index contributed by atoms with van der Waals surface area (Å²) in [6.07, 6.45) is 10.9. The van der Waals surface area contributed by atoms with Crippen LogP contribution in [0.4, 0.5) is 5.69 Å². The zero-order valence-corrected chi connectivity index (χ0v) is 31.3. The van der Waals surface area contributed by atoms with Gasteiger partial charge in [-0.3, -0.25) is 19.8 Å². The molecule has 0 bridgehead atoms. The summed E-state index contributed by atoms with van der Waals surface area (Å²) >= 11 is 4.42. The third-order valence-electron chi connectivity index (χ3n) is 7.75. The van der Waals surface area contributed by atoms with Crippen LogP contribution in [-0.2, 0) is 9.59 Å². The Balaban J connectivity index is 0.000000250. The number of aliphatic imine (C=N–C) groups is 1. The molecule has 1 fully saturated rings. The molecule has 51 heavy (non-hydrogen) atoms. The first kappa shape index (κ1) is 42.2. The monoisotopic (exact) mass is 715 g/mol. The zero-order valence-electron chi connectivity index (χ0n) is 30.4. The van der Waals surface area contributed by atoms with Crippen molar-refractivity contribution in [1.82, 2.24) is 30.3 Å². The highest BCUT2D eigenvalue weighted by Gasteiger charge is 2.23. The molecule has 4 heterocycles. The Morgan fingerprint density at radius 3 is 2.37 bits per heavy atom. The number of carbonyl (C=O) groups excluding carboxylic acids is 2. The summed E-state index contributed by atoms with van der Waals surface area (Å²) in [6.45, 7) is 11.0. The second-order valence-corrected chi connectivity index (χ2v) is 12.3. The lowest BCUT2D eigenvalue weighted by atomic mass is 10.1. The number of benzene rings is 2. The fraction of sp³-hybridized carbons (Fsp3) is 0.368. The van der Waals surface area contributed by atoms with Crippen LogP contribution in [0.3, 0.4) is 0 Å². The van der Waals surface area contributed by atoms with Crippen LogP contribution in [-0.4, -0.2) is 116 Å². The molecule has 2 aromatic carbocycles. The lowest BCUT2D eigenvalue weighted by Crippen LogP contribution is -2.41. The number of nitrogens with zero attached hydrogens (tertiary/aromatic N) is 5. The highest BCUT2D eigenvalue weighted by atomic mass is 32.1. The predicted molar refractivity (Wildman–Crippen MR) is 214 cm³/mol. The number of pyridine rings is 1. The van der Waals surface area contributed by atoms with E-state index in [9.17, 15) is 4.79 Å². The van der Waals surface area contributed by atoms with Gasteiger partial charge in [-0.1, -0.05) is 47.5 Å². The normalized spacial score (nSPS) is 14.8. The summed E-state index contributed by atoms with van der Waals surface area (Å²) in [4.78, 5) is 31.9. The number of fused-ring (bicyclic) bond motifs is 1. The summed E-state index contributed by atoms with van der Waals surface area (Å²) in [5.41, 5.74) is 6.56. The van der Waals surface area contributed by atoms with Gasteiger partial charge < -0.3 is 30.5 Å². The zero-order chi connectivity index (χ0) is 37.4. The van der Waals surface area contributed by atoms with Crippen molar-refractivity contribution in [3.8, 4) is 17.1 Å². The van der Waals surface area contributed by atoms with E-state index in [1.165, 1.54) is 17.3 Å². The molecule has 0 unspecified atom stereocenters. The van der Waals surface area contributed by atoms with Gasteiger partial charge in [-0.25, -0.2) is 4.98 Å². The molecule has 4 N–H and O–H groups in total. The molecular formula is C38H53N9O3S. The third-order valence-corrected chi connectivity index (χ3v) is 8.17. The molecule has 0 aliphatic carbocycles. The molecule has 1 amide bonds. The second kappa shape index (κ2) is 24.2. The molecule has 274 valence electrons. The van der Waals surface area contributed by atoms with Crippen LogP contribution in [0.25, 0.3) is 22.2 Å². The van der Waals surface area contributed by atoms with Gasteiger partial charge in [0.05, 0.1) is 32.1 Å². The Labute approximate surface area is 307 Å². The van der Waals surface area contributed by atoms with Gasteiger partial charge >= 0.3 is 0 Å². The maximum absolute atomic E-state index is 11.9. The molecule has 1 saturated heterocycles. The van der Waals surface area contributed by atoms with E-state index in [2.05, 4.69) is 105 Å². The van der Waals surface area contributed by atoms with Gasteiger partial charge in [0.2, 0.25) is 11.8 Å². The number of ether oxygens (including phenoxy) is 1. The predicted octanol–water partition coefficient (Wildman–Crippen LogP) is 5.46. The summed E-state index contributed by atoms with van der Waals surface area (Å²) in [5, 5.41) is 21.3. The van der Waals surface area contributed by atoms with E-state index < -0.39 is 0 Å². The number of methoxy groups -OCH3 is 1. The van der Waals surface area contributed by atoms with Gasteiger partial charge in [0.1, 0.15) is 12.5 Å². The molecule has 13 heteroatoms. The molecule has 2 aromatic heterocycles. The van der Waals surface area contributed by atoms with Crippen molar-refractivity contribution >= 4 is 54.5 Å². The fourth-order valence-electron chi connectivity index (χ4n) is 4.99. The van der Waals surface area contributed by atoms with E-state index in [0.29, 0.717) is 24.2 Å². The number of hydrogen-bond donors (Lipinski definition) is 5. The van der Waals surface area contributed by atoms with Gasteiger partial charge in [0.15, 0.2) is 0 Å². The van der Waals surface area contributed by atoms with E-state index in [1.807, 2.05) is 43.0 Å². The minimum Gasteiger partial charge on any atom is -0.481 e. The van der Waals surface area contributed by atoms with Gasteiger partial charge in [0, 0.05) is 74.1 Å².